The van der Waals surface area contributed by atoms with Gasteiger partial charge in [0.1, 0.15) is 5.75 Å². The summed E-state index contributed by atoms with van der Waals surface area (Å²) < 4.78 is 5.06. The molecular weight excluding hydrogens is 214 g/mol. The van der Waals surface area contributed by atoms with Crippen molar-refractivity contribution in [3.63, 3.8) is 0 Å². The Morgan fingerprint density at radius 3 is 2.59 bits per heavy atom. The molecule has 0 fully saturated rings. The molecule has 1 rings (SSSR count). The lowest BCUT2D eigenvalue weighted by Gasteiger charge is -2.16. The average molecular weight is 233 g/mol. The zero-order valence-corrected chi connectivity index (χ0v) is 10.3. The first-order chi connectivity index (χ1) is 8.17. The molecule has 0 bridgehead atoms. The van der Waals surface area contributed by atoms with Crippen LogP contribution in [0.4, 0.5) is 0 Å². The second kappa shape index (κ2) is 6.95. The summed E-state index contributed by atoms with van der Waals surface area (Å²) in [5, 5.41) is 13.1. The molecule has 0 radical (unpaired) electrons. The highest BCUT2D eigenvalue weighted by Gasteiger charge is 2.08. The second-order valence-corrected chi connectivity index (χ2v) is 4.01. The molecule has 0 aliphatic rings. The molecule has 0 amide bonds. The third kappa shape index (κ3) is 4.48. The van der Waals surface area contributed by atoms with Gasteiger partial charge >= 0.3 is 0 Å². The summed E-state index contributed by atoms with van der Waals surface area (Å²) in [5.74, 6) is 3.37. The molecule has 0 saturated carbocycles. The molecule has 2 atom stereocenters. The standard InChI is InChI=1S/C14H19NO2/c1-4-5-11(2)15-10-14(16)12-6-8-13(17-3)9-7-12/h1,6-9,11,14-16H,5,10H2,2-3H3. The Morgan fingerprint density at radius 2 is 2.06 bits per heavy atom. The van der Waals surface area contributed by atoms with Gasteiger partial charge in [-0.3, -0.25) is 0 Å². The SMILES string of the molecule is C#CCC(C)NCC(O)c1ccc(OC)cc1. The number of aliphatic hydroxyl groups is 1. The van der Waals surface area contributed by atoms with Gasteiger partial charge < -0.3 is 15.2 Å². The lowest BCUT2D eigenvalue weighted by Crippen LogP contribution is -2.30. The summed E-state index contributed by atoms with van der Waals surface area (Å²) in [6.07, 6.45) is 5.35. The van der Waals surface area contributed by atoms with E-state index in [1.807, 2.05) is 31.2 Å². The van der Waals surface area contributed by atoms with E-state index in [0.29, 0.717) is 13.0 Å². The fourth-order valence-corrected chi connectivity index (χ4v) is 1.51. The number of hydrogen-bond donors (Lipinski definition) is 2. The van der Waals surface area contributed by atoms with Crippen molar-refractivity contribution in [1.29, 1.82) is 0 Å². The number of hydrogen-bond acceptors (Lipinski definition) is 3. The van der Waals surface area contributed by atoms with Crippen LogP contribution >= 0.6 is 0 Å². The molecule has 1 aromatic carbocycles. The number of terminal acetylenes is 1. The maximum absolute atomic E-state index is 9.95. The smallest absolute Gasteiger partial charge is 0.118 e. The zero-order chi connectivity index (χ0) is 12.7. The highest BCUT2D eigenvalue weighted by Crippen LogP contribution is 2.17. The van der Waals surface area contributed by atoms with Gasteiger partial charge in [-0.2, -0.15) is 0 Å². The first kappa shape index (κ1) is 13.6. The maximum Gasteiger partial charge on any atom is 0.118 e. The van der Waals surface area contributed by atoms with Crippen LogP contribution in [0.25, 0.3) is 0 Å². The minimum absolute atomic E-state index is 0.216. The van der Waals surface area contributed by atoms with Crippen LogP contribution in [0, 0.1) is 12.3 Å². The number of aliphatic hydroxyl groups excluding tert-OH is 1. The van der Waals surface area contributed by atoms with Crippen LogP contribution in [0.5, 0.6) is 5.75 Å². The third-order valence-corrected chi connectivity index (χ3v) is 2.58. The largest absolute Gasteiger partial charge is 0.497 e. The summed E-state index contributed by atoms with van der Waals surface area (Å²) in [4.78, 5) is 0. The lowest BCUT2D eigenvalue weighted by molar-refractivity contribution is 0.171. The second-order valence-electron chi connectivity index (χ2n) is 4.01. The Hall–Kier alpha value is -1.50. The topological polar surface area (TPSA) is 41.5 Å². The van der Waals surface area contributed by atoms with Crippen LogP contribution in [0.1, 0.15) is 25.0 Å². The molecule has 3 nitrogen and oxygen atoms in total. The molecule has 1 aromatic rings. The highest BCUT2D eigenvalue weighted by molar-refractivity contribution is 5.28. The minimum Gasteiger partial charge on any atom is -0.497 e. The van der Waals surface area contributed by atoms with E-state index in [0.717, 1.165) is 11.3 Å². The van der Waals surface area contributed by atoms with Crippen molar-refractivity contribution in [1.82, 2.24) is 5.32 Å². The van der Waals surface area contributed by atoms with E-state index < -0.39 is 6.10 Å². The fourth-order valence-electron chi connectivity index (χ4n) is 1.51. The first-order valence-electron chi connectivity index (χ1n) is 5.66. The van der Waals surface area contributed by atoms with Crippen molar-refractivity contribution in [2.24, 2.45) is 0 Å². The van der Waals surface area contributed by atoms with Gasteiger partial charge in [0.2, 0.25) is 0 Å². The zero-order valence-electron chi connectivity index (χ0n) is 10.3. The van der Waals surface area contributed by atoms with Crippen LogP contribution in [0.15, 0.2) is 24.3 Å². The Bertz CT molecular complexity index is 367. The van der Waals surface area contributed by atoms with Gasteiger partial charge in [0, 0.05) is 19.0 Å². The average Bonchev–Trinajstić information content (AvgIpc) is 2.36. The molecule has 0 aliphatic carbocycles. The van der Waals surface area contributed by atoms with Crippen LogP contribution in [-0.4, -0.2) is 24.8 Å². The van der Waals surface area contributed by atoms with Crippen molar-refractivity contribution >= 4 is 0 Å². The molecule has 0 saturated heterocycles. The summed E-state index contributed by atoms with van der Waals surface area (Å²) in [6.45, 7) is 2.50. The molecule has 0 aromatic heterocycles. The van der Waals surface area contributed by atoms with E-state index in [9.17, 15) is 5.11 Å². The quantitative estimate of drug-likeness (QED) is 0.735. The number of rotatable bonds is 6. The van der Waals surface area contributed by atoms with Gasteiger partial charge in [-0.15, -0.1) is 12.3 Å². The molecule has 92 valence electrons. The Morgan fingerprint density at radius 1 is 1.41 bits per heavy atom. The summed E-state index contributed by atoms with van der Waals surface area (Å²) in [6, 6.07) is 7.61. The van der Waals surface area contributed by atoms with E-state index >= 15 is 0 Å². The molecule has 0 spiro atoms. The van der Waals surface area contributed by atoms with Crippen LogP contribution in [0.2, 0.25) is 0 Å². The Balaban J connectivity index is 2.46. The first-order valence-corrected chi connectivity index (χ1v) is 5.66. The van der Waals surface area contributed by atoms with Gasteiger partial charge in [0.05, 0.1) is 13.2 Å². The Kier molecular flexibility index (Phi) is 5.55. The third-order valence-electron chi connectivity index (χ3n) is 2.58. The molecule has 0 aliphatic heterocycles. The van der Waals surface area contributed by atoms with E-state index in [1.54, 1.807) is 7.11 Å². The van der Waals surface area contributed by atoms with Gasteiger partial charge in [-0.05, 0) is 24.6 Å². The van der Waals surface area contributed by atoms with E-state index in [2.05, 4.69) is 11.2 Å². The van der Waals surface area contributed by atoms with Crippen LogP contribution < -0.4 is 10.1 Å². The Labute approximate surface area is 103 Å². The van der Waals surface area contributed by atoms with Crippen LogP contribution in [0.3, 0.4) is 0 Å². The van der Waals surface area contributed by atoms with Gasteiger partial charge in [0.25, 0.3) is 0 Å². The van der Waals surface area contributed by atoms with Crippen LogP contribution in [-0.2, 0) is 0 Å². The van der Waals surface area contributed by atoms with E-state index in [-0.39, 0.29) is 6.04 Å². The van der Waals surface area contributed by atoms with Gasteiger partial charge in [-0.1, -0.05) is 12.1 Å². The lowest BCUT2D eigenvalue weighted by atomic mass is 10.1. The molecule has 3 heteroatoms. The fraction of sp³-hybridized carbons (Fsp3) is 0.429. The van der Waals surface area contributed by atoms with Crippen molar-refractivity contribution in [2.75, 3.05) is 13.7 Å². The summed E-state index contributed by atoms with van der Waals surface area (Å²) in [7, 11) is 1.62. The predicted molar refractivity (Wildman–Crippen MR) is 68.9 cm³/mol. The summed E-state index contributed by atoms with van der Waals surface area (Å²) in [5.41, 5.74) is 0.867. The number of methoxy groups -OCH3 is 1. The number of nitrogens with one attached hydrogen (secondary N) is 1. The molecule has 2 N–H and O–H groups in total. The van der Waals surface area contributed by atoms with Gasteiger partial charge in [0.15, 0.2) is 0 Å². The van der Waals surface area contributed by atoms with Crippen molar-refractivity contribution in [3.8, 4) is 18.1 Å². The van der Waals surface area contributed by atoms with Crippen molar-refractivity contribution in [3.05, 3.63) is 29.8 Å². The summed E-state index contributed by atoms with van der Waals surface area (Å²) >= 11 is 0. The predicted octanol–water partition coefficient (Wildman–Crippen LogP) is 1.73. The number of benzene rings is 1. The van der Waals surface area contributed by atoms with Gasteiger partial charge in [-0.25, -0.2) is 0 Å². The molecular formula is C14H19NO2. The molecule has 17 heavy (non-hydrogen) atoms. The van der Waals surface area contributed by atoms with E-state index in [4.69, 9.17) is 11.2 Å². The molecule has 2 unspecified atom stereocenters. The maximum atomic E-state index is 9.95. The monoisotopic (exact) mass is 233 g/mol. The number of ether oxygens (including phenoxy) is 1. The highest BCUT2D eigenvalue weighted by atomic mass is 16.5. The molecule has 0 heterocycles. The van der Waals surface area contributed by atoms with Crippen molar-refractivity contribution in [2.45, 2.75) is 25.5 Å². The minimum atomic E-state index is -0.527. The van der Waals surface area contributed by atoms with E-state index in [1.165, 1.54) is 0 Å². The van der Waals surface area contributed by atoms with Crippen molar-refractivity contribution < 1.29 is 9.84 Å². The normalized spacial score (nSPS) is 13.8.